The van der Waals surface area contributed by atoms with Crippen molar-refractivity contribution < 1.29 is 9.59 Å². The van der Waals surface area contributed by atoms with E-state index < -0.39 is 16.8 Å². The minimum Gasteiger partial charge on any atom is -0.342 e. The van der Waals surface area contributed by atoms with E-state index in [1.807, 2.05) is 45.0 Å². The van der Waals surface area contributed by atoms with E-state index in [4.69, 9.17) is 23.2 Å². The lowest BCUT2D eigenvalue weighted by molar-refractivity contribution is -0.126. The molecule has 2 atom stereocenters. The van der Waals surface area contributed by atoms with Crippen LogP contribution in [0.15, 0.2) is 24.3 Å². The summed E-state index contributed by atoms with van der Waals surface area (Å²) in [4.78, 5) is 23.1. The van der Waals surface area contributed by atoms with Gasteiger partial charge in [0, 0.05) is 5.56 Å². The summed E-state index contributed by atoms with van der Waals surface area (Å²) in [5.74, 6) is -1.09. The molecule has 1 aromatic heterocycles. The summed E-state index contributed by atoms with van der Waals surface area (Å²) in [5, 5.41) is 14.5. The van der Waals surface area contributed by atoms with Crippen molar-refractivity contribution in [2.45, 2.75) is 38.1 Å². The van der Waals surface area contributed by atoms with Gasteiger partial charge in [-0.1, -0.05) is 84.6 Å². The second-order valence-electron chi connectivity index (χ2n) is 5.94. The van der Waals surface area contributed by atoms with Crippen LogP contribution in [-0.2, 0) is 9.59 Å². The first-order valence-electron chi connectivity index (χ1n) is 8.11. The lowest BCUT2D eigenvalue weighted by Gasteiger charge is -2.23. The van der Waals surface area contributed by atoms with Gasteiger partial charge in [0.15, 0.2) is 4.84 Å². The quantitative estimate of drug-likeness (QED) is 0.674. The largest absolute Gasteiger partial charge is 0.342 e. The third-order valence-electron chi connectivity index (χ3n) is 3.95. The molecule has 0 aliphatic carbocycles. The fraction of sp³-hybridized carbons (Fsp3) is 0.412. The number of aromatic nitrogens is 2. The summed E-state index contributed by atoms with van der Waals surface area (Å²) < 4.78 is 0. The lowest BCUT2D eigenvalue weighted by atomic mass is 9.98. The number of anilines is 1. The van der Waals surface area contributed by atoms with Crippen molar-refractivity contribution in [1.82, 2.24) is 15.5 Å². The molecule has 2 aromatic rings. The SMILES string of the molecule is CCC(C)C(NC(=O)C(Cl)Cl)C(=O)Nc1nnc(-c2ccc(C)cc2)s1. The molecular weight excluding hydrogens is 395 g/mol. The first-order chi connectivity index (χ1) is 12.3. The van der Waals surface area contributed by atoms with Gasteiger partial charge in [0.2, 0.25) is 11.0 Å². The Hall–Kier alpha value is -1.70. The molecule has 0 radical (unpaired) electrons. The van der Waals surface area contributed by atoms with Gasteiger partial charge in [-0.25, -0.2) is 0 Å². The maximum atomic E-state index is 12.6. The average Bonchev–Trinajstić information content (AvgIpc) is 3.07. The number of rotatable bonds is 7. The van der Waals surface area contributed by atoms with Crippen molar-refractivity contribution in [1.29, 1.82) is 0 Å². The molecular formula is C17H20Cl2N4O2S. The van der Waals surface area contributed by atoms with Crippen LogP contribution in [0, 0.1) is 12.8 Å². The van der Waals surface area contributed by atoms with Crippen molar-refractivity contribution in [3.8, 4) is 10.6 Å². The second kappa shape index (κ2) is 9.30. The van der Waals surface area contributed by atoms with Crippen molar-refractivity contribution in [3.63, 3.8) is 0 Å². The van der Waals surface area contributed by atoms with Crippen LogP contribution in [0.2, 0.25) is 0 Å². The minimum absolute atomic E-state index is 0.101. The highest BCUT2D eigenvalue weighted by molar-refractivity contribution is 7.18. The fourth-order valence-electron chi connectivity index (χ4n) is 2.19. The molecule has 140 valence electrons. The zero-order chi connectivity index (χ0) is 19.3. The van der Waals surface area contributed by atoms with E-state index in [1.165, 1.54) is 11.3 Å². The highest BCUT2D eigenvalue weighted by Gasteiger charge is 2.28. The van der Waals surface area contributed by atoms with E-state index in [9.17, 15) is 9.59 Å². The van der Waals surface area contributed by atoms with Crippen LogP contribution in [0.25, 0.3) is 10.6 Å². The van der Waals surface area contributed by atoms with Crippen LogP contribution in [0.4, 0.5) is 5.13 Å². The molecule has 26 heavy (non-hydrogen) atoms. The zero-order valence-corrected chi connectivity index (χ0v) is 17.0. The summed E-state index contributed by atoms with van der Waals surface area (Å²) in [6.07, 6.45) is 0.693. The first-order valence-corrected chi connectivity index (χ1v) is 9.80. The van der Waals surface area contributed by atoms with E-state index in [0.29, 0.717) is 16.6 Å². The maximum Gasteiger partial charge on any atom is 0.253 e. The molecule has 6 nitrogen and oxygen atoms in total. The van der Waals surface area contributed by atoms with Gasteiger partial charge in [0.25, 0.3) is 5.91 Å². The van der Waals surface area contributed by atoms with E-state index in [2.05, 4.69) is 20.8 Å². The van der Waals surface area contributed by atoms with Gasteiger partial charge in [-0.05, 0) is 12.8 Å². The first kappa shape index (κ1) is 20.6. The Kier molecular flexibility index (Phi) is 7.37. The summed E-state index contributed by atoms with van der Waals surface area (Å²) in [6.45, 7) is 5.79. The Morgan fingerprint density at radius 2 is 1.81 bits per heavy atom. The van der Waals surface area contributed by atoms with Crippen LogP contribution >= 0.6 is 34.5 Å². The van der Waals surface area contributed by atoms with Crippen molar-refractivity contribution in [3.05, 3.63) is 29.8 Å². The zero-order valence-electron chi connectivity index (χ0n) is 14.6. The fourth-order valence-corrected chi connectivity index (χ4v) is 3.07. The Morgan fingerprint density at radius 3 is 2.38 bits per heavy atom. The van der Waals surface area contributed by atoms with Crippen LogP contribution in [0.1, 0.15) is 25.8 Å². The molecule has 2 N–H and O–H groups in total. The third-order valence-corrected chi connectivity index (χ3v) is 5.23. The molecule has 1 aromatic carbocycles. The molecule has 1 heterocycles. The van der Waals surface area contributed by atoms with Gasteiger partial charge in [0.05, 0.1) is 0 Å². The summed E-state index contributed by atoms with van der Waals surface area (Å²) in [5.41, 5.74) is 2.07. The number of hydrogen-bond donors (Lipinski definition) is 2. The number of amides is 2. The molecule has 0 saturated carbocycles. The van der Waals surface area contributed by atoms with Crippen LogP contribution in [0.5, 0.6) is 0 Å². The van der Waals surface area contributed by atoms with Crippen LogP contribution in [-0.4, -0.2) is 32.9 Å². The highest BCUT2D eigenvalue weighted by atomic mass is 35.5. The second-order valence-corrected chi connectivity index (χ2v) is 8.01. The topological polar surface area (TPSA) is 84.0 Å². The number of carbonyl (C=O) groups excluding carboxylic acids is 2. The number of nitrogens with zero attached hydrogens (tertiary/aromatic N) is 2. The summed E-state index contributed by atoms with van der Waals surface area (Å²) in [7, 11) is 0. The number of halogens is 2. The molecule has 0 bridgehead atoms. The maximum absolute atomic E-state index is 12.6. The Labute approximate surface area is 166 Å². The molecule has 9 heteroatoms. The van der Waals surface area contributed by atoms with Gasteiger partial charge in [0.1, 0.15) is 11.0 Å². The number of hydrogen-bond acceptors (Lipinski definition) is 5. The van der Waals surface area contributed by atoms with Gasteiger partial charge in [-0.2, -0.15) is 0 Å². The minimum atomic E-state index is -1.23. The lowest BCUT2D eigenvalue weighted by Crippen LogP contribution is -2.49. The molecule has 2 amide bonds. The third kappa shape index (κ3) is 5.40. The summed E-state index contributed by atoms with van der Waals surface area (Å²) >= 11 is 12.4. The van der Waals surface area contributed by atoms with Crippen LogP contribution in [0.3, 0.4) is 0 Å². The number of benzene rings is 1. The Balaban J connectivity index is 2.11. The molecule has 0 saturated heterocycles. The average molecular weight is 415 g/mol. The molecule has 2 rings (SSSR count). The molecule has 0 aliphatic rings. The predicted octanol–water partition coefficient (Wildman–Crippen LogP) is 3.79. The van der Waals surface area contributed by atoms with E-state index in [0.717, 1.165) is 11.1 Å². The number of nitrogens with one attached hydrogen (secondary N) is 2. The Bertz CT molecular complexity index is 764. The van der Waals surface area contributed by atoms with Gasteiger partial charge in [-0.15, -0.1) is 10.2 Å². The van der Waals surface area contributed by atoms with Crippen LogP contribution < -0.4 is 10.6 Å². The molecule has 0 spiro atoms. The van der Waals surface area contributed by atoms with Crippen molar-refractivity contribution in [2.75, 3.05) is 5.32 Å². The number of aryl methyl sites for hydroxylation is 1. The van der Waals surface area contributed by atoms with Crippen molar-refractivity contribution >= 4 is 51.5 Å². The predicted molar refractivity (Wildman–Crippen MR) is 106 cm³/mol. The molecule has 0 aliphatic heterocycles. The van der Waals surface area contributed by atoms with Gasteiger partial charge < -0.3 is 5.32 Å². The molecule has 0 fully saturated rings. The van der Waals surface area contributed by atoms with E-state index in [-0.39, 0.29) is 11.8 Å². The smallest absolute Gasteiger partial charge is 0.253 e. The standard InChI is InChI=1S/C17H20Cl2N4O2S/c1-4-10(3)12(20-15(25)13(18)19)14(24)21-17-23-22-16(26-17)11-7-5-9(2)6-8-11/h5-8,10,12-13H,4H2,1-3H3,(H,20,25)(H,21,23,24). The van der Waals surface area contributed by atoms with E-state index in [1.54, 1.807) is 0 Å². The number of alkyl halides is 2. The monoisotopic (exact) mass is 414 g/mol. The highest BCUT2D eigenvalue weighted by Crippen LogP contribution is 2.26. The van der Waals surface area contributed by atoms with Gasteiger partial charge in [-0.3, -0.25) is 14.9 Å². The van der Waals surface area contributed by atoms with Crippen molar-refractivity contribution in [2.24, 2.45) is 5.92 Å². The molecule has 2 unspecified atom stereocenters. The summed E-state index contributed by atoms with van der Waals surface area (Å²) in [6, 6.07) is 7.10. The normalized spacial score (nSPS) is 13.3. The number of carbonyl (C=O) groups is 2. The Morgan fingerprint density at radius 1 is 1.15 bits per heavy atom. The van der Waals surface area contributed by atoms with Gasteiger partial charge >= 0.3 is 0 Å². The van der Waals surface area contributed by atoms with E-state index >= 15 is 0 Å².